The van der Waals surface area contributed by atoms with Crippen molar-refractivity contribution in [2.75, 3.05) is 12.5 Å². The second-order valence-electron chi connectivity index (χ2n) is 4.04. The third-order valence-corrected chi connectivity index (χ3v) is 2.90. The summed E-state index contributed by atoms with van der Waals surface area (Å²) in [4.78, 5) is 0. The smallest absolute Gasteiger partial charge is 0.231 e. The summed E-state index contributed by atoms with van der Waals surface area (Å²) in [6, 6.07) is 5.92. The molecule has 0 fully saturated rings. The van der Waals surface area contributed by atoms with Gasteiger partial charge >= 0.3 is 0 Å². The maximum Gasteiger partial charge on any atom is 0.231 e. The molecule has 0 saturated carbocycles. The number of aryl methyl sites for hydroxylation is 1. The zero-order chi connectivity index (χ0) is 11.8. The average Bonchev–Trinajstić information content (AvgIpc) is 2.90. The number of anilines is 1. The Balaban J connectivity index is 1.88. The van der Waals surface area contributed by atoms with Crippen LogP contribution in [0.15, 0.2) is 24.4 Å². The number of rotatable bonds is 2. The Bertz CT molecular complexity index is 563. The largest absolute Gasteiger partial charge is 0.454 e. The first-order chi connectivity index (χ1) is 8.24. The Morgan fingerprint density at radius 2 is 2.18 bits per heavy atom. The van der Waals surface area contributed by atoms with Gasteiger partial charge in [0.15, 0.2) is 11.5 Å². The fraction of sp³-hybridized carbons (Fsp3) is 0.250. The summed E-state index contributed by atoms with van der Waals surface area (Å²) in [7, 11) is 1.83. The highest BCUT2D eigenvalue weighted by Gasteiger charge is 2.14. The van der Waals surface area contributed by atoms with Gasteiger partial charge in [-0.1, -0.05) is 6.07 Å². The molecule has 0 radical (unpaired) electrons. The van der Waals surface area contributed by atoms with Crippen molar-refractivity contribution in [3.63, 3.8) is 0 Å². The standard InChI is InChI=1S/C12H13N3O2/c1-15-12(13)9(6-14-15)4-8-2-3-10-11(5-8)17-7-16-10/h2-3,5-6H,4,7,13H2,1H3. The first kappa shape index (κ1) is 10.0. The molecule has 3 rings (SSSR count). The predicted octanol–water partition coefficient (Wildman–Crippen LogP) is 1.32. The minimum atomic E-state index is 0.299. The van der Waals surface area contributed by atoms with Gasteiger partial charge in [-0.2, -0.15) is 5.10 Å². The van der Waals surface area contributed by atoms with Gasteiger partial charge in [0.25, 0.3) is 0 Å². The molecule has 0 unspecified atom stereocenters. The van der Waals surface area contributed by atoms with Crippen molar-refractivity contribution in [2.24, 2.45) is 7.05 Å². The summed E-state index contributed by atoms with van der Waals surface area (Å²) in [5.74, 6) is 2.29. The first-order valence-electron chi connectivity index (χ1n) is 5.39. The van der Waals surface area contributed by atoms with Gasteiger partial charge in [-0.25, -0.2) is 0 Å². The van der Waals surface area contributed by atoms with E-state index in [1.165, 1.54) is 0 Å². The molecule has 0 bridgehead atoms. The van der Waals surface area contributed by atoms with E-state index in [0.717, 1.165) is 29.0 Å². The SMILES string of the molecule is Cn1ncc(Cc2ccc3c(c2)OCO3)c1N. The van der Waals surface area contributed by atoms with Crippen LogP contribution in [-0.2, 0) is 13.5 Å². The van der Waals surface area contributed by atoms with E-state index in [4.69, 9.17) is 15.2 Å². The van der Waals surface area contributed by atoms with Crippen molar-refractivity contribution in [1.29, 1.82) is 0 Å². The Labute approximate surface area is 98.8 Å². The summed E-state index contributed by atoms with van der Waals surface area (Å²) in [6.07, 6.45) is 2.54. The van der Waals surface area contributed by atoms with E-state index >= 15 is 0 Å². The summed E-state index contributed by atoms with van der Waals surface area (Å²) in [6.45, 7) is 0.299. The minimum Gasteiger partial charge on any atom is -0.454 e. The lowest BCUT2D eigenvalue weighted by Crippen LogP contribution is -2.00. The maximum atomic E-state index is 5.91. The molecule has 88 valence electrons. The van der Waals surface area contributed by atoms with Crippen molar-refractivity contribution in [1.82, 2.24) is 9.78 Å². The third-order valence-electron chi connectivity index (χ3n) is 2.90. The van der Waals surface area contributed by atoms with Crippen LogP contribution in [-0.4, -0.2) is 16.6 Å². The van der Waals surface area contributed by atoms with Gasteiger partial charge in [0.2, 0.25) is 6.79 Å². The summed E-state index contributed by atoms with van der Waals surface area (Å²) < 4.78 is 12.3. The molecule has 0 atom stereocenters. The van der Waals surface area contributed by atoms with Crippen LogP contribution in [0, 0.1) is 0 Å². The minimum absolute atomic E-state index is 0.299. The van der Waals surface area contributed by atoms with E-state index in [9.17, 15) is 0 Å². The highest BCUT2D eigenvalue weighted by molar-refractivity contribution is 5.48. The van der Waals surface area contributed by atoms with Gasteiger partial charge in [-0.05, 0) is 17.7 Å². The van der Waals surface area contributed by atoms with Crippen LogP contribution in [0.25, 0.3) is 0 Å². The predicted molar refractivity (Wildman–Crippen MR) is 63.0 cm³/mol. The van der Waals surface area contributed by atoms with E-state index in [1.807, 2.05) is 25.2 Å². The number of nitrogens with two attached hydrogens (primary N) is 1. The normalized spacial score (nSPS) is 13.0. The Morgan fingerprint density at radius 1 is 1.35 bits per heavy atom. The molecule has 5 nitrogen and oxygen atoms in total. The molecule has 1 aromatic heterocycles. The molecule has 5 heteroatoms. The number of hydrogen-bond donors (Lipinski definition) is 1. The Kier molecular flexibility index (Phi) is 2.18. The van der Waals surface area contributed by atoms with Gasteiger partial charge in [0.05, 0.1) is 6.20 Å². The topological polar surface area (TPSA) is 62.3 Å². The zero-order valence-corrected chi connectivity index (χ0v) is 9.51. The summed E-state index contributed by atoms with van der Waals surface area (Å²) >= 11 is 0. The zero-order valence-electron chi connectivity index (χ0n) is 9.51. The molecule has 2 aromatic rings. The second-order valence-corrected chi connectivity index (χ2v) is 4.04. The molecule has 1 aliphatic rings. The fourth-order valence-corrected chi connectivity index (χ4v) is 1.90. The molecule has 0 aliphatic carbocycles. The molecular weight excluding hydrogens is 218 g/mol. The molecular formula is C12H13N3O2. The summed E-state index contributed by atoms with van der Waals surface area (Å²) in [5.41, 5.74) is 8.06. The maximum absolute atomic E-state index is 5.91. The van der Waals surface area contributed by atoms with Crippen LogP contribution in [0.4, 0.5) is 5.82 Å². The lowest BCUT2D eigenvalue weighted by molar-refractivity contribution is 0.174. The number of nitrogen functional groups attached to an aromatic ring is 1. The second kappa shape index (κ2) is 3.69. The highest BCUT2D eigenvalue weighted by atomic mass is 16.7. The van der Waals surface area contributed by atoms with Gasteiger partial charge in [0.1, 0.15) is 5.82 Å². The number of fused-ring (bicyclic) bond motifs is 1. The molecule has 0 amide bonds. The first-order valence-corrected chi connectivity index (χ1v) is 5.39. The van der Waals surface area contributed by atoms with Gasteiger partial charge in [0, 0.05) is 19.0 Å². The van der Waals surface area contributed by atoms with Crippen molar-refractivity contribution >= 4 is 5.82 Å². The van der Waals surface area contributed by atoms with E-state index in [1.54, 1.807) is 10.9 Å². The number of aromatic nitrogens is 2. The van der Waals surface area contributed by atoms with Crippen LogP contribution in [0.3, 0.4) is 0 Å². The van der Waals surface area contributed by atoms with Crippen LogP contribution >= 0.6 is 0 Å². The summed E-state index contributed by atoms with van der Waals surface area (Å²) in [5, 5.41) is 4.12. The van der Waals surface area contributed by atoms with Gasteiger partial charge < -0.3 is 15.2 Å². The van der Waals surface area contributed by atoms with E-state index in [0.29, 0.717) is 12.6 Å². The van der Waals surface area contributed by atoms with Gasteiger partial charge in [-0.3, -0.25) is 4.68 Å². The molecule has 2 heterocycles. The average molecular weight is 231 g/mol. The lowest BCUT2D eigenvalue weighted by atomic mass is 10.1. The van der Waals surface area contributed by atoms with Crippen molar-refractivity contribution in [2.45, 2.75) is 6.42 Å². The molecule has 2 N–H and O–H groups in total. The quantitative estimate of drug-likeness (QED) is 0.846. The number of benzene rings is 1. The van der Waals surface area contributed by atoms with Crippen LogP contribution in [0.5, 0.6) is 11.5 Å². The number of hydrogen-bond acceptors (Lipinski definition) is 4. The molecule has 0 saturated heterocycles. The van der Waals surface area contributed by atoms with Gasteiger partial charge in [-0.15, -0.1) is 0 Å². The Morgan fingerprint density at radius 3 is 2.94 bits per heavy atom. The van der Waals surface area contributed by atoms with E-state index in [2.05, 4.69) is 5.10 Å². The molecule has 17 heavy (non-hydrogen) atoms. The monoisotopic (exact) mass is 231 g/mol. The molecule has 1 aliphatic heterocycles. The lowest BCUT2D eigenvalue weighted by Gasteiger charge is -2.03. The highest BCUT2D eigenvalue weighted by Crippen LogP contribution is 2.33. The number of nitrogens with zero attached hydrogens (tertiary/aromatic N) is 2. The Hall–Kier alpha value is -2.17. The number of ether oxygens (including phenoxy) is 2. The van der Waals surface area contributed by atoms with Crippen LogP contribution in [0.1, 0.15) is 11.1 Å². The van der Waals surface area contributed by atoms with Crippen molar-refractivity contribution < 1.29 is 9.47 Å². The molecule has 0 spiro atoms. The van der Waals surface area contributed by atoms with E-state index in [-0.39, 0.29) is 0 Å². The van der Waals surface area contributed by atoms with Crippen molar-refractivity contribution in [3.05, 3.63) is 35.5 Å². The molecule has 1 aromatic carbocycles. The van der Waals surface area contributed by atoms with Crippen LogP contribution < -0.4 is 15.2 Å². The third kappa shape index (κ3) is 1.69. The van der Waals surface area contributed by atoms with Crippen LogP contribution in [0.2, 0.25) is 0 Å². The van der Waals surface area contributed by atoms with Crippen molar-refractivity contribution in [3.8, 4) is 11.5 Å². The fourth-order valence-electron chi connectivity index (χ4n) is 1.90. The van der Waals surface area contributed by atoms with E-state index < -0.39 is 0 Å².